The minimum absolute atomic E-state index is 0.0226. The monoisotopic (exact) mass is 431 g/mol. The Morgan fingerprint density at radius 1 is 1.00 bits per heavy atom. The molecule has 7 nitrogen and oxygen atoms in total. The van der Waals surface area contributed by atoms with Gasteiger partial charge in [0, 0.05) is 25.2 Å². The minimum Gasteiger partial charge on any atom is -0.334 e. The first-order valence-electron chi connectivity index (χ1n) is 9.88. The summed E-state index contributed by atoms with van der Waals surface area (Å²) in [4.78, 5) is 25.9. The number of nitrogens with one attached hydrogen (secondary N) is 2. The lowest BCUT2D eigenvalue weighted by molar-refractivity contribution is -0.135. The standard InChI is InChI=1S/C22H29N3O4S/c1-5-16(2)25(15-19-9-7-6-8-10-19)22(27)17(3)24-30(28,29)21-13-11-20(12-14-21)23-18(4)26/h6-14,16-17,24H,5,15H2,1-4H3,(H,23,26)/t16?,17-/m0/s1. The quantitative estimate of drug-likeness (QED) is 0.638. The van der Waals surface area contributed by atoms with E-state index in [1.165, 1.54) is 31.2 Å². The number of hydrogen-bond donors (Lipinski definition) is 2. The average molecular weight is 432 g/mol. The summed E-state index contributed by atoms with van der Waals surface area (Å²) in [5.74, 6) is -0.529. The van der Waals surface area contributed by atoms with E-state index in [9.17, 15) is 18.0 Å². The summed E-state index contributed by atoms with van der Waals surface area (Å²) in [6, 6.07) is 14.4. The maximum atomic E-state index is 13.1. The molecule has 0 spiro atoms. The van der Waals surface area contributed by atoms with Crippen LogP contribution in [0.2, 0.25) is 0 Å². The molecule has 2 amide bonds. The van der Waals surface area contributed by atoms with Crippen molar-refractivity contribution in [3.8, 4) is 0 Å². The number of rotatable bonds is 9. The number of carbonyl (C=O) groups is 2. The van der Waals surface area contributed by atoms with Crippen LogP contribution in [0.15, 0.2) is 59.5 Å². The van der Waals surface area contributed by atoms with Gasteiger partial charge in [-0.1, -0.05) is 37.3 Å². The molecule has 2 N–H and O–H groups in total. The van der Waals surface area contributed by atoms with Gasteiger partial charge in [0.15, 0.2) is 0 Å². The Kier molecular flexibility index (Phi) is 8.14. The maximum absolute atomic E-state index is 13.1. The van der Waals surface area contributed by atoms with Crippen LogP contribution < -0.4 is 10.0 Å². The van der Waals surface area contributed by atoms with Crippen molar-refractivity contribution in [3.63, 3.8) is 0 Å². The predicted octanol–water partition coefficient (Wildman–Crippen LogP) is 3.14. The normalized spacial score (nSPS) is 13.3. The van der Waals surface area contributed by atoms with Crippen LogP contribution in [0.25, 0.3) is 0 Å². The molecule has 1 unspecified atom stereocenters. The highest BCUT2D eigenvalue weighted by atomic mass is 32.2. The van der Waals surface area contributed by atoms with Crippen molar-refractivity contribution < 1.29 is 18.0 Å². The van der Waals surface area contributed by atoms with Gasteiger partial charge in [0.05, 0.1) is 10.9 Å². The highest BCUT2D eigenvalue weighted by Gasteiger charge is 2.28. The van der Waals surface area contributed by atoms with E-state index >= 15 is 0 Å². The molecule has 0 radical (unpaired) electrons. The number of sulfonamides is 1. The molecule has 2 rings (SSSR count). The molecule has 162 valence electrons. The van der Waals surface area contributed by atoms with Crippen molar-refractivity contribution >= 4 is 27.5 Å². The van der Waals surface area contributed by atoms with Gasteiger partial charge in [-0.25, -0.2) is 8.42 Å². The molecule has 0 bridgehead atoms. The van der Waals surface area contributed by atoms with Crippen molar-refractivity contribution in [2.45, 2.75) is 57.6 Å². The predicted molar refractivity (Wildman–Crippen MR) is 117 cm³/mol. The molecule has 30 heavy (non-hydrogen) atoms. The second-order valence-corrected chi connectivity index (χ2v) is 8.97. The maximum Gasteiger partial charge on any atom is 0.241 e. The summed E-state index contributed by atoms with van der Waals surface area (Å²) in [6.45, 7) is 7.26. The summed E-state index contributed by atoms with van der Waals surface area (Å²) < 4.78 is 27.9. The van der Waals surface area contributed by atoms with Gasteiger partial charge in [-0.15, -0.1) is 0 Å². The van der Waals surface area contributed by atoms with Gasteiger partial charge in [0.25, 0.3) is 0 Å². The molecule has 2 aromatic rings. The first kappa shape index (κ1) is 23.6. The number of carbonyl (C=O) groups excluding carboxylic acids is 2. The van der Waals surface area contributed by atoms with E-state index in [2.05, 4.69) is 10.0 Å². The Labute approximate surface area is 178 Å². The third kappa shape index (κ3) is 6.40. The van der Waals surface area contributed by atoms with E-state index in [4.69, 9.17) is 0 Å². The third-order valence-corrected chi connectivity index (χ3v) is 6.35. The van der Waals surface area contributed by atoms with Crippen LogP contribution in [-0.2, 0) is 26.2 Å². The first-order chi connectivity index (χ1) is 14.1. The van der Waals surface area contributed by atoms with Gasteiger partial charge in [0.1, 0.15) is 0 Å². The van der Waals surface area contributed by atoms with Crippen LogP contribution >= 0.6 is 0 Å². The second-order valence-electron chi connectivity index (χ2n) is 7.26. The summed E-state index contributed by atoms with van der Waals surface area (Å²) in [7, 11) is -3.90. The smallest absolute Gasteiger partial charge is 0.241 e. The van der Waals surface area contributed by atoms with E-state index < -0.39 is 16.1 Å². The molecular weight excluding hydrogens is 402 g/mol. The summed E-state index contributed by atoms with van der Waals surface area (Å²) in [5, 5.41) is 2.58. The lowest BCUT2D eigenvalue weighted by atomic mass is 10.1. The number of hydrogen-bond acceptors (Lipinski definition) is 4. The van der Waals surface area contributed by atoms with Crippen LogP contribution in [0.5, 0.6) is 0 Å². The van der Waals surface area contributed by atoms with E-state index in [0.717, 1.165) is 12.0 Å². The Hall–Kier alpha value is -2.71. The third-order valence-electron chi connectivity index (χ3n) is 4.79. The second kappa shape index (κ2) is 10.4. The van der Waals surface area contributed by atoms with Crippen LogP contribution in [-0.4, -0.2) is 37.2 Å². The van der Waals surface area contributed by atoms with Gasteiger partial charge in [-0.05, 0) is 50.1 Å². The summed E-state index contributed by atoms with van der Waals surface area (Å²) in [6.07, 6.45) is 0.753. The van der Waals surface area contributed by atoms with E-state index in [1.807, 2.05) is 44.2 Å². The number of anilines is 1. The number of benzene rings is 2. The van der Waals surface area contributed by atoms with Gasteiger partial charge in [-0.3, -0.25) is 9.59 Å². The molecular formula is C22H29N3O4S. The van der Waals surface area contributed by atoms with E-state index in [0.29, 0.717) is 12.2 Å². The topological polar surface area (TPSA) is 95.6 Å². The van der Waals surface area contributed by atoms with Crippen molar-refractivity contribution in [1.82, 2.24) is 9.62 Å². The first-order valence-corrected chi connectivity index (χ1v) is 11.4. The molecule has 0 aromatic heterocycles. The zero-order valence-electron chi connectivity index (χ0n) is 17.8. The molecule has 0 aliphatic carbocycles. The van der Waals surface area contributed by atoms with E-state index in [1.54, 1.807) is 11.8 Å². The van der Waals surface area contributed by atoms with Crippen molar-refractivity contribution in [3.05, 3.63) is 60.2 Å². The Morgan fingerprint density at radius 3 is 2.13 bits per heavy atom. The van der Waals surface area contributed by atoms with Crippen molar-refractivity contribution in [2.24, 2.45) is 0 Å². The molecule has 2 atom stereocenters. The highest BCUT2D eigenvalue weighted by Crippen LogP contribution is 2.16. The van der Waals surface area contributed by atoms with Gasteiger partial charge < -0.3 is 10.2 Å². The molecule has 8 heteroatoms. The largest absolute Gasteiger partial charge is 0.334 e. The molecule has 0 saturated heterocycles. The lowest BCUT2D eigenvalue weighted by Crippen LogP contribution is -2.49. The summed E-state index contributed by atoms with van der Waals surface area (Å²) in [5.41, 5.74) is 1.48. The highest BCUT2D eigenvalue weighted by molar-refractivity contribution is 7.89. The zero-order chi connectivity index (χ0) is 22.3. The molecule has 0 aliphatic heterocycles. The zero-order valence-corrected chi connectivity index (χ0v) is 18.6. The van der Waals surface area contributed by atoms with Crippen LogP contribution in [0.3, 0.4) is 0 Å². The fraction of sp³-hybridized carbons (Fsp3) is 0.364. The van der Waals surface area contributed by atoms with Crippen molar-refractivity contribution in [1.29, 1.82) is 0 Å². The lowest BCUT2D eigenvalue weighted by Gasteiger charge is -2.31. The molecule has 2 aromatic carbocycles. The van der Waals surface area contributed by atoms with Gasteiger partial charge in [0.2, 0.25) is 21.8 Å². The fourth-order valence-electron chi connectivity index (χ4n) is 2.97. The average Bonchev–Trinajstić information content (AvgIpc) is 2.71. The summed E-state index contributed by atoms with van der Waals surface area (Å²) >= 11 is 0. The Balaban J connectivity index is 2.15. The molecule has 0 heterocycles. The molecule has 0 saturated carbocycles. The van der Waals surface area contributed by atoms with Crippen molar-refractivity contribution in [2.75, 3.05) is 5.32 Å². The minimum atomic E-state index is -3.90. The Morgan fingerprint density at radius 2 is 1.60 bits per heavy atom. The molecule has 0 aliphatic rings. The Bertz CT molecular complexity index is 960. The van der Waals surface area contributed by atoms with Crippen LogP contribution in [0.4, 0.5) is 5.69 Å². The molecule has 0 fully saturated rings. The van der Waals surface area contributed by atoms with E-state index in [-0.39, 0.29) is 22.8 Å². The van der Waals surface area contributed by atoms with Gasteiger partial charge in [-0.2, -0.15) is 4.72 Å². The SMILES string of the molecule is CCC(C)N(Cc1ccccc1)C(=O)[C@H](C)NS(=O)(=O)c1ccc(NC(C)=O)cc1. The number of amides is 2. The number of nitrogens with zero attached hydrogens (tertiary/aromatic N) is 1. The van der Waals surface area contributed by atoms with Crippen LogP contribution in [0.1, 0.15) is 39.7 Å². The van der Waals surface area contributed by atoms with Crippen LogP contribution in [0, 0.1) is 0 Å². The fourth-order valence-corrected chi connectivity index (χ4v) is 4.17. The van der Waals surface area contributed by atoms with Gasteiger partial charge >= 0.3 is 0 Å².